The van der Waals surface area contributed by atoms with Crippen molar-refractivity contribution in [3.63, 3.8) is 0 Å². The molecule has 0 saturated carbocycles. The molecule has 1 atom stereocenters. The molecule has 0 unspecified atom stereocenters. The molecule has 0 spiro atoms. The van der Waals surface area contributed by atoms with E-state index in [1.54, 1.807) is 0 Å². The number of aliphatic hydroxyl groups excluding tert-OH is 1. The molecule has 1 N–H and O–H groups in total. The van der Waals surface area contributed by atoms with Crippen LogP contribution in [-0.2, 0) is 0 Å². The number of hydrogen-bond acceptors (Lipinski definition) is 3. The maximum atomic E-state index is 10.8. The number of rotatable bonds is 5. The summed E-state index contributed by atoms with van der Waals surface area (Å²) in [6.07, 6.45) is -0.763. The fourth-order valence-electron chi connectivity index (χ4n) is 2.86. The lowest BCUT2D eigenvalue weighted by molar-refractivity contribution is 0.203. The predicted molar refractivity (Wildman–Crippen MR) is 91.8 cm³/mol. The molecule has 0 bridgehead atoms. The second-order valence-electron chi connectivity index (χ2n) is 5.83. The molecule has 3 aromatic rings. The molecule has 3 rings (SSSR count). The summed E-state index contributed by atoms with van der Waals surface area (Å²) in [5, 5.41) is 10.8. The Balaban J connectivity index is 2.03. The molecule has 0 saturated heterocycles. The molecule has 0 amide bonds. The first-order valence-electron chi connectivity index (χ1n) is 7.99. The summed E-state index contributed by atoms with van der Waals surface area (Å²) in [5.41, 5.74) is 2.76. The number of aliphatic hydroxyl groups is 1. The van der Waals surface area contributed by atoms with Crippen molar-refractivity contribution in [2.24, 2.45) is 0 Å². The molecule has 23 heavy (non-hydrogen) atoms. The van der Waals surface area contributed by atoms with E-state index in [4.69, 9.17) is 4.74 Å². The quantitative estimate of drug-likeness (QED) is 0.772. The number of aromatic nitrogens is 2. The molecule has 4 heteroatoms. The van der Waals surface area contributed by atoms with Gasteiger partial charge in [-0.05, 0) is 50.6 Å². The van der Waals surface area contributed by atoms with Gasteiger partial charge in [0, 0.05) is 6.04 Å². The first-order valence-corrected chi connectivity index (χ1v) is 7.99. The Bertz CT molecular complexity index is 791. The third-order valence-corrected chi connectivity index (χ3v) is 3.89. The first kappa shape index (κ1) is 15.6. The van der Waals surface area contributed by atoms with Gasteiger partial charge in [-0.3, -0.25) is 0 Å². The summed E-state index contributed by atoms with van der Waals surface area (Å²) in [7, 11) is 0. The Morgan fingerprint density at radius 1 is 1.09 bits per heavy atom. The second-order valence-corrected chi connectivity index (χ2v) is 5.83. The van der Waals surface area contributed by atoms with Crippen LogP contribution in [0.4, 0.5) is 0 Å². The van der Waals surface area contributed by atoms with Crippen LogP contribution in [0, 0.1) is 0 Å². The lowest BCUT2D eigenvalue weighted by atomic mass is 10.1. The number of ether oxygens (including phenoxy) is 1. The van der Waals surface area contributed by atoms with Gasteiger partial charge in [0.25, 0.3) is 0 Å². The highest BCUT2D eigenvalue weighted by Gasteiger charge is 2.21. The van der Waals surface area contributed by atoms with E-state index in [1.165, 1.54) is 0 Å². The molecule has 2 aromatic carbocycles. The van der Waals surface area contributed by atoms with Crippen molar-refractivity contribution >= 4 is 11.0 Å². The van der Waals surface area contributed by atoms with Gasteiger partial charge in [-0.15, -0.1) is 0 Å². The molecule has 0 fully saturated rings. The number of benzene rings is 2. The van der Waals surface area contributed by atoms with E-state index in [1.807, 2.05) is 55.5 Å². The number of imidazole rings is 1. The zero-order valence-corrected chi connectivity index (χ0v) is 13.7. The van der Waals surface area contributed by atoms with Gasteiger partial charge in [0.15, 0.2) is 0 Å². The van der Waals surface area contributed by atoms with E-state index < -0.39 is 6.10 Å². The van der Waals surface area contributed by atoms with Gasteiger partial charge in [-0.25, -0.2) is 4.98 Å². The number of nitrogens with zero attached hydrogens (tertiary/aromatic N) is 2. The molecule has 4 nitrogen and oxygen atoms in total. The standard InChI is InChI=1S/C19H22N2O2/c1-4-23-15-11-9-14(10-12-15)18(22)19-20-16-7-5-6-8-17(16)21(19)13(2)3/h5-13,18,22H,4H2,1-3H3/t18-/m1/s1. The lowest BCUT2D eigenvalue weighted by Crippen LogP contribution is -2.12. The van der Waals surface area contributed by atoms with Gasteiger partial charge in [0.2, 0.25) is 0 Å². The third-order valence-electron chi connectivity index (χ3n) is 3.89. The maximum absolute atomic E-state index is 10.8. The smallest absolute Gasteiger partial charge is 0.143 e. The van der Waals surface area contributed by atoms with E-state index >= 15 is 0 Å². The average molecular weight is 310 g/mol. The number of fused-ring (bicyclic) bond motifs is 1. The molecule has 120 valence electrons. The second kappa shape index (κ2) is 6.42. The van der Waals surface area contributed by atoms with Gasteiger partial charge in [-0.1, -0.05) is 24.3 Å². The Kier molecular flexibility index (Phi) is 4.35. The molecular weight excluding hydrogens is 288 g/mol. The average Bonchev–Trinajstić information content (AvgIpc) is 2.95. The predicted octanol–water partition coefficient (Wildman–Crippen LogP) is 4.10. The van der Waals surface area contributed by atoms with Crippen LogP contribution in [0.1, 0.15) is 44.3 Å². The summed E-state index contributed by atoms with van der Waals surface area (Å²) in [6.45, 7) is 6.78. The van der Waals surface area contributed by atoms with Crippen LogP contribution < -0.4 is 4.74 Å². The van der Waals surface area contributed by atoms with Crippen LogP contribution in [0.25, 0.3) is 11.0 Å². The molecule has 0 aliphatic heterocycles. The topological polar surface area (TPSA) is 47.3 Å². The van der Waals surface area contributed by atoms with Crippen LogP contribution in [0.2, 0.25) is 0 Å². The highest BCUT2D eigenvalue weighted by molar-refractivity contribution is 5.76. The van der Waals surface area contributed by atoms with Crippen LogP contribution in [0.3, 0.4) is 0 Å². The van der Waals surface area contributed by atoms with Crippen molar-refractivity contribution in [3.8, 4) is 5.75 Å². The van der Waals surface area contributed by atoms with Crippen LogP contribution in [0.5, 0.6) is 5.75 Å². The van der Waals surface area contributed by atoms with Crippen molar-refractivity contribution < 1.29 is 9.84 Å². The van der Waals surface area contributed by atoms with Crippen molar-refractivity contribution in [1.82, 2.24) is 9.55 Å². The monoisotopic (exact) mass is 310 g/mol. The maximum Gasteiger partial charge on any atom is 0.143 e. The molecular formula is C19H22N2O2. The SMILES string of the molecule is CCOc1ccc([C@@H](O)c2nc3ccccc3n2C(C)C)cc1. The van der Waals surface area contributed by atoms with Crippen molar-refractivity contribution in [2.45, 2.75) is 32.9 Å². The summed E-state index contributed by atoms with van der Waals surface area (Å²) >= 11 is 0. The van der Waals surface area contributed by atoms with Gasteiger partial charge in [0.1, 0.15) is 17.7 Å². The van der Waals surface area contributed by atoms with E-state index in [-0.39, 0.29) is 6.04 Å². The van der Waals surface area contributed by atoms with Gasteiger partial charge in [-0.2, -0.15) is 0 Å². The molecule has 0 aliphatic carbocycles. The third kappa shape index (κ3) is 2.94. The van der Waals surface area contributed by atoms with Crippen molar-refractivity contribution in [3.05, 3.63) is 59.9 Å². The van der Waals surface area contributed by atoms with E-state index in [0.717, 1.165) is 22.3 Å². The van der Waals surface area contributed by atoms with E-state index in [0.29, 0.717) is 12.4 Å². The molecule has 1 heterocycles. The van der Waals surface area contributed by atoms with Crippen molar-refractivity contribution in [1.29, 1.82) is 0 Å². The van der Waals surface area contributed by atoms with Gasteiger partial charge in [0.05, 0.1) is 17.6 Å². The minimum atomic E-state index is -0.763. The minimum Gasteiger partial charge on any atom is -0.494 e. The Morgan fingerprint density at radius 3 is 2.43 bits per heavy atom. The largest absolute Gasteiger partial charge is 0.494 e. The highest BCUT2D eigenvalue weighted by Crippen LogP contribution is 2.29. The summed E-state index contributed by atoms with van der Waals surface area (Å²) in [5.74, 6) is 1.48. The number of hydrogen-bond donors (Lipinski definition) is 1. The Labute approximate surface area is 136 Å². The summed E-state index contributed by atoms with van der Waals surface area (Å²) in [6, 6.07) is 15.7. The molecule has 0 aliphatic rings. The highest BCUT2D eigenvalue weighted by atomic mass is 16.5. The van der Waals surface area contributed by atoms with E-state index in [2.05, 4.69) is 23.4 Å². The molecule has 0 radical (unpaired) electrons. The Hall–Kier alpha value is -2.33. The van der Waals surface area contributed by atoms with Crippen molar-refractivity contribution in [2.75, 3.05) is 6.61 Å². The number of para-hydroxylation sites is 2. The minimum absolute atomic E-state index is 0.217. The zero-order chi connectivity index (χ0) is 16.4. The van der Waals surface area contributed by atoms with Gasteiger partial charge >= 0.3 is 0 Å². The van der Waals surface area contributed by atoms with E-state index in [9.17, 15) is 5.11 Å². The fraction of sp³-hybridized carbons (Fsp3) is 0.316. The lowest BCUT2D eigenvalue weighted by Gasteiger charge is -2.17. The van der Waals surface area contributed by atoms with Gasteiger partial charge < -0.3 is 14.4 Å². The van der Waals surface area contributed by atoms with Crippen LogP contribution in [-0.4, -0.2) is 21.3 Å². The fourth-order valence-corrected chi connectivity index (χ4v) is 2.86. The summed E-state index contributed by atoms with van der Waals surface area (Å²) < 4.78 is 7.55. The van der Waals surface area contributed by atoms with Crippen LogP contribution >= 0.6 is 0 Å². The zero-order valence-electron chi connectivity index (χ0n) is 13.7. The Morgan fingerprint density at radius 2 is 1.78 bits per heavy atom. The summed E-state index contributed by atoms with van der Waals surface area (Å²) in [4.78, 5) is 4.65. The normalized spacial score (nSPS) is 12.7. The van der Waals surface area contributed by atoms with Crippen LogP contribution in [0.15, 0.2) is 48.5 Å². The molecule has 1 aromatic heterocycles. The first-order chi connectivity index (χ1) is 11.1.